The molecule has 0 fully saturated rings. The van der Waals surface area contributed by atoms with Crippen LogP contribution in [0.3, 0.4) is 0 Å². The van der Waals surface area contributed by atoms with Gasteiger partial charge in [-0.15, -0.1) is 0 Å². The van der Waals surface area contributed by atoms with Gasteiger partial charge in [-0.05, 0) is 22.0 Å². The van der Waals surface area contributed by atoms with Crippen molar-refractivity contribution in [1.82, 2.24) is 4.98 Å². The lowest BCUT2D eigenvalue weighted by Crippen LogP contribution is -1.82. The summed E-state index contributed by atoms with van der Waals surface area (Å²) in [5, 5.41) is 0.538. The maximum Gasteiger partial charge on any atom is 0.181 e. The Bertz CT molecular complexity index is 303. The van der Waals surface area contributed by atoms with E-state index in [9.17, 15) is 0 Å². The van der Waals surface area contributed by atoms with Crippen molar-refractivity contribution in [3.05, 3.63) is 23.7 Å². The predicted molar refractivity (Wildman–Crippen MR) is 54.6 cm³/mol. The number of anilines is 1. The monoisotopic (exact) mass is 230 g/mol. The van der Waals surface area contributed by atoms with Crippen LogP contribution in [0.15, 0.2) is 13.2 Å². The first kappa shape index (κ1) is 8.49. The van der Waals surface area contributed by atoms with Crippen LogP contribution in [0, 0.1) is 0 Å². The molecule has 2 N–H and O–H groups in total. The van der Waals surface area contributed by atoms with Gasteiger partial charge in [-0.2, -0.15) is 0 Å². The summed E-state index contributed by atoms with van der Waals surface area (Å²) in [6.45, 7) is 7.35. The van der Waals surface area contributed by atoms with Crippen LogP contribution in [-0.2, 0) is 0 Å². The van der Waals surface area contributed by atoms with Gasteiger partial charge in [0.05, 0.1) is 10.6 Å². The van der Waals surface area contributed by atoms with E-state index in [1.165, 1.54) is 11.3 Å². The highest BCUT2D eigenvalue weighted by Gasteiger charge is 2.06. The molecule has 0 amide bonds. The number of hydrogen-bond acceptors (Lipinski definition) is 3. The first-order valence-corrected chi connectivity index (χ1v) is 4.49. The van der Waals surface area contributed by atoms with E-state index in [0.29, 0.717) is 5.13 Å². The highest BCUT2D eigenvalue weighted by molar-refractivity contribution is 9.15. The van der Waals surface area contributed by atoms with Crippen molar-refractivity contribution in [2.75, 3.05) is 5.73 Å². The molecule has 11 heavy (non-hydrogen) atoms. The summed E-state index contributed by atoms with van der Waals surface area (Å²) in [5.41, 5.74) is 6.27. The fraction of sp³-hybridized carbons (Fsp3) is 0. The van der Waals surface area contributed by atoms with Gasteiger partial charge >= 0.3 is 0 Å². The quantitative estimate of drug-likeness (QED) is 0.849. The molecule has 1 aromatic rings. The number of nitrogen functional groups attached to an aromatic ring is 1. The Labute approximate surface area is 77.6 Å². The highest BCUT2D eigenvalue weighted by atomic mass is 79.9. The predicted octanol–water partition coefficient (Wildman–Crippen LogP) is 2.73. The van der Waals surface area contributed by atoms with Crippen LogP contribution >= 0.6 is 27.3 Å². The van der Waals surface area contributed by atoms with E-state index in [-0.39, 0.29) is 0 Å². The fourth-order valence-electron chi connectivity index (χ4n) is 0.682. The Hall–Kier alpha value is -0.610. The summed E-state index contributed by atoms with van der Waals surface area (Å²) in [6, 6.07) is 0. The van der Waals surface area contributed by atoms with Gasteiger partial charge in [0.1, 0.15) is 0 Å². The summed E-state index contributed by atoms with van der Waals surface area (Å²) in [6.07, 6.45) is 1.72. The largest absolute Gasteiger partial charge is 0.375 e. The second-order valence-corrected chi connectivity index (χ2v) is 3.89. The topological polar surface area (TPSA) is 38.9 Å². The van der Waals surface area contributed by atoms with Crippen LogP contribution < -0.4 is 5.73 Å². The second kappa shape index (κ2) is 3.19. The number of halogens is 1. The van der Waals surface area contributed by atoms with Gasteiger partial charge in [-0.25, -0.2) is 4.98 Å². The Kier molecular flexibility index (Phi) is 2.46. The zero-order valence-electron chi connectivity index (χ0n) is 5.80. The lowest BCUT2D eigenvalue weighted by atomic mass is 10.3. The van der Waals surface area contributed by atoms with Gasteiger partial charge in [-0.3, -0.25) is 0 Å². The van der Waals surface area contributed by atoms with Crippen LogP contribution in [0.5, 0.6) is 0 Å². The summed E-state index contributed by atoms with van der Waals surface area (Å²) in [5.74, 6) is 0. The van der Waals surface area contributed by atoms with Crippen molar-refractivity contribution in [1.29, 1.82) is 0 Å². The molecule has 0 aliphatic heterocycles. The molecule has 1 heterocycles. The number of nitrogens with two attached hydrogens (primary N) is 1. The lowest BCUT2D eigenvalue weighted by molar-refractivity contribution is 1.38. The molecule has 0 spiro atoms. The lowest BCUT2D eigenvalue weighted by Gasteiger charge is -1.90. The van der Waals surface area contributed by atoms with Gasteiger partial charge in [0.25, 0.3) is 0 Å². The van der Waals surface area contributed by atoms with Gasteiger partial charge in [0.15, 0.2) is 5.13 Å². The maximum atomic E-state index is 5.49. The number of hydrogen-bond donors (Lipinski definition) is 1. The zero-order valence-corrected chi connectivity index (χ0v) is 8.20. The molecule has 4 heteroatoms. The molecule has 0 atom stereocenters. The van der Waals surface area contributed by atoms with E-state index >= 15 is 0 Å². The standard InChI is InChI=1S/C7H7BrN2S/c1-3-5-6(4(2)8)10-7(9)11-5/h3H,1-2H2,(H2,9,10). The van der Waals surface area contributed by atoms with Crippen LogP contribution in [0.25, 0.3) is 10.6 Å². The minimum Gasteiger partial charge on any atom is -0.375 e. The minimum absolute atomic E-state index is 0.538. The number of rotatable bonds is 2. The molecule has 1 aromatic heterocycles. The van der Waals surface area contributed by atoms with Crippen molar-refractivity contribution in [3.8, 4) is 0 Å². The van der Waals surface area contributed by atoms with E-state index < -0.39 is 0 Å². The van der Waals surface area contributed by atoms with Gasteiger partial charge in [0.2, 0.25) is 0 Å². The van der Waals surface area contributed by atoms with Crippen molar-refractivity contribution >= 4 is 43.0 Å². The molecule has 0 saturated heterocycles. The van der Waals surface area contributed by atoms with Crippen LogP contribution in [-0.4, -0.2) is 4.98 Å². The molecule has 0 aromatic carbocycles. The fourth-order valence-corrected chi connectivity index (χ4v) is 1.83. The Balaban J connectivity index is 3.22. The van der Waals surface area contributed by atoms with Crippen molar-refractivity contribution < 1.29 is 0 Å². The second-order valence-electron chi connectivity index (χ2n) is 1.87. The molecule has 0 radical (unpaired) electrons. The zero-order chi connectivity index (χ0) is 8.43. The maximum absolute atomic E-state index is 5.49. The average Bonchev–Trinajstić information content (AvgIpc) is 2.30. The number of aromatic nitrogens is 1. The van der Waals surface area contributed by atoms with Gasteiger partial charge < -0.3 is 5.73 Å². The Morgan fingerprint density at radius 1 is 1.73 bits per heavy atom. The summed E-state index contributed by atoms with van der Waals surface area (Å²) in [4.78, 5) is 5.01. The molecule has 1 rings (SSSR count). The molecule has 0 unspecified atom stereocenters. The SMILES string of the molecule is C=Cc1sc(N)nc1C(=C)Br. The summed E-state index contributed by atoms with van der Waals surface area (Å²) >= 11 is 4.63. The third-order valence-corrected chi connectivity index (χ3v) is 2.37. The van der Waals surface area contributed by atoms with E-state index in [1.807, 2.05) is 0 Å². The van der Waals surface area contributed by atoms with Crippen molar-refractivity contribution in [3.63, 3.8) is 0 Å². The molecule has 0 bridgehead atoms. The Morgan fingerprint density at radius 2 is 2.36 bits per heavy atom. The third kappa shape index (κ3) is 1.70. The molecular formula is C7H7BrN2S. The van der Waals surface area contributed by atoms with Crippen LogP contribution in [0.4, 0.5) is 5.13 Å². The first-order valence-electron chi connectivity index (χ1n) is 2.88. The molecule has 0 aliphatic rings. The van der Waals surface area contributed by atoms with Gasteiger partial charge in [-0.1, -0.05) is 24.5 Å². The normalized spacial score (nSPS) is 9.55. The molecular weight excluding hydrogens is 224 g/mol. The highest BCUT2D eigenvalue weighted by Crippen LogP contribution is 2.29. The third-order valence-electron chi connectivity index (χ3n) is 1.11. The minimum atomic E-state index is 0.538. The molecule has 0 saturated carbocycles. The van der Waals surface area contributed by atoms with E-state index in [4.69, 9.17) is 5.73 Å². The van der Waals surface area contributed by atoms with Crippen molar-refractivity contribution in [2.45, 2.75) is 0 Å². The number of nitrogens with zero attached hydrogens (tertiary/aromatic N) is 1. The van der Waals surface area contributed by atoms with Crippen LogP contribution in [0.1, 0.15) is 10.6 Å². The summed E-state index contributed by atoms with van der Waals surface area (Å²) < 4.78 is 0.736. The molecule has 58 valence electrons. The average molecular weight is 231 g/mol. The van der Waals surface area contributed by atoms with E-state index in [2.05, 4.69) is 34.1 Å². The smallest absolute Gasteiger partial charge is 0.181 e. The van der Waals surface area contributed by atoms with Crippen LogP contribution in [0.2, 0.25) is 0 Å². The number of thiazole rings is 1. The summed E-state index contributed by atoms with van der Waals surface area (Å²) in [7, 11) is 0. The molecule has 2 nitrogen and oxygen atoms in total. The molecule has 0 aliphatic carbocycles. The Morgan fingerprint density at radius 3 is 2.73 bits per heavy atom. The van der Waals surface area contributed by atoms with Crippen molar-refractivity contribution in [2.24, 2.45) is 0 Å². The first-order chi connectivity index (χ1) is 5.15. The van der Waals surface area contributed by atoms with Gasteiger partial charge in [0, 0.05) is 4.48 Å². The van der Waals surface area contributed by atoms with E-state index in [0.717, 1.165) is 15.1 Å². The van der Waals surface area contributed by atoms with E-state index in [1.54, 1.807) is 6.08 Å².